The number of carbonyl (C=O) groups excluding carboxylic acids is 1. The number of rotatable bonds is 17. The molecule has 0 amide bonds. The molecule has 5 atom stereocenters. The minimum absolute atomic E-state index is 0.0446. The Labute approximate surface area is 239 Å². The molecular formula is C36H58O3. The van der Waals surface area contributed by atoms with Crippen molar-refractivity contribution < 1.29 is 14.6 Å². The highest BCUT2D eigenvalue weighted by Crippen LogP contribution is 2.61. The normalized spacial score (nSPS) is 27.5. The summed E-state index contributed by atoms with van der Waals surface area (Å²) >= 11 is 0. The maximum absolute atomic E-state index is 12.8. The lowest BCUT2D eigenvalue weighted by Gasteiger charge is -2.50. The summed E-state index contributed by atoms with van der Waals surface area (Å²) in [6.45, 7) is 4.70. The lowest BCUT2D eigenvalue weighted by atomic mass is 9.55. The molecule has 1 aromatic rings. The van der Waals surface area contributed by atoms with Gasteiger partial charge in [-0.15, -0.1) is 0 Å². The van der Waals surface area contributed by atoms with Gasteiger partial charge < -0.3 is 9.84 Å². The van der Waals surface area contributed by atoms with E-state index >= 15 is 0 Å². The first-order chi connectivity index (χ1) is 19.0. The van der Waals surface area contributed by atoms with Crippen molar-refractivity contribution in [3.63, 3.8) is 0 Å². The molecule has 0 aromatic heterocycles. The van der Waals surface area contributed by atoms with Gasteiger partial charge in [0.25, 0.3) is 0 Å². The summed E-state index contributed by atoms with van der Waals surface area (Å²) in [6, 6.07) is 6.02. The largest absolute Gasteiger partial charge is 0.508 e. The van der Waals surface area contributed by atoms with Crippen molar-refractivity contribution >= 4 is 5.97 Å². The number of hydrogen-bond acceptors (Lipinski definition) is 3. The number of carbonyl (C=O) groups is 1. The Balaban J connectivity index is 1.06. The molecule has 0 aliphatic heterocycles. The Kier molecular flexibility index (Phi) is 12.1. The van der Waals surface area contributed by atoms with Gasteiger partial charge in [-0.05, 0) is 86.0 Å². The molecule has 0 saturated heterocycles. The zero-order valence-electron chi connectivity index (χ0n) is 25.4. The van der Waals surface area contributed by atoms with Gasteiger partial charge in [0.2, 0.25) is 0 Å². The first-order valence-corrected chi connectivity index (χ1v) is 17.0. The standard InChI is InChI=1S/C36H58O3/c1-3-4-5-6-7-8-9-10-11-12-13-14-15-16-17-18-35(38)39-34-24-23-33-32-21-19-28-27-29(37)20-22-30(28)31(32)25-26-36(33,34)2/h20,22,27,31-34,37H,3-19,21,23-26H2,1-2H3/t31-,32-,33+,34+,36+/m1/s1. The van der Waals surface area contributed by atoms with E-state index in [2.05, 4.69) is 19.9 Å². The van der Waals surface area contributed by atoms with E-state index in [4.69, 9.17) is 4.74 Å². The average molecular weight is 539 g/mol. The molecule has 220 valence electrons. The topological polar surface area (TPSA) is 46.5 Å². The Bertz CT molecular complexity index is 878. The van der Waals surface area contributed by atoms with Gasteiger partial charge in [0.15, 0.2) is 0 Å². The molecule has 1 N–H and O–H groups in total. The highest BCUT2D eigenvalue weighted by molar-refractivity contribution is 5.69. The van der Waals surface area contributed by atoms with Crippen LogP contribution in [0.3, 0.4) is 0 Å². The van der Waals surface area contributed by atoms with Gasteiger partial charge in [0, 0.05) is 11.8 Å². The summed E-state index contributed by atoms with van der Waals surface area (Å²) in [5, 5.41) is 9.93. The van der Waals surface area contributed by atoms with Crippen LogP contribution in [0.25, 0.3) is 0 Å². The van der Waals surface area contributed by atoms with E-state index in [1.54, 1.807) is 0 Å². The summed E-state index contributed by atoms with van der Waals surface area (Å²) in [4.78, 5) is 12.8. The number of ether oxygens (including phenoxy) is 1. The second-order valence-corrected chi connectivity index (χ2v) is 13.6. The summed E-state index contributed by atoms with van der Waals surface area (Å²) in [5.74, 6) is 2.40. The highest BCUT2D eigenvalue weighted by atomic mass is 16.5. The molecule has 1 aromatic carbocycles. The predicted octanol–water partition coefficient (Wildman–Crippen LogP) is 10.4. The Hall–Kier alpha value is -1.51. The summed E-state index contributed by atoms with van der Waals surface area (Å²) < 4.78 is 6.20. The van der Waals surface area contributed by atoms with Crippen LogP contribution in [-0.2, 0) is 16.0 Å². The number of benzene rings is 1. The molecular weight excluding hydrogens is 480 g/mol. The van der Waals surface area contributed by atoms with E-state index in [0.29, 0.717) is 29.9 Å². The maximum Gasteiger partial charge on any atom is 0.306 e. The van der Waals surface area contributed by atoms with Crippen molar-refractivity contribution in [2.45, 2.75) is 167 Å². The third-order valence-corrected chi connectivity index (χ3v) is 10.9. The summed E-state index contributed by atoms with van der Waals surface area (Å²) in [7, 11) is 0. The van der Waals surface area contributed by atoms with E-state index in [1.807, 2.05) is 12.1 Å². The minimum Gasteiger partial charge on any atom is -0.508 e. The van der Waals surface area contributed by atoms with Gasteiger partial charge in [-0.1, -0.05) is 110 Å². The fourth-order valence-corrected chi connectivity index (χ4v) is 8.57. The van der Waals surface area contributed by atoms with Gasteiger partial charge in [-0.25, -0.2) is 0 Å². The Morgan fingerprint density at radius 3 is 2.10 bits per heavy atom. The van der Waals surface area contributed by atoms with Crippen molar-refractivity contribution in [3.8, 4) is 5.75 Å². The van der Waals surface area contributed by atoms with E-state index in [9.17, 15) is 9.90 Å². The number of hydrogen-bond donors (Lipinski definition) is 1. The van der Waals surface area contributed by atoms with Crippen LogP contribution in [0.2, 0.25) is 0 Å². The summed E-state index contributed by atoms with van der Waals surface area (Å²) in [5.41, 5.74) is 2.96. The van der Waals surface area contributed by atoms with E-state index in [-0.39, 0.29) is 17.5 Å². The molecule has 3 nitrogen and oxygen atoms in total. The third kappa shape index (κ3) is 8.26. The average Bonchev–Trinajstić information content (AvgIpc) is 3.26. The third-order valence-electron chi connectivity index (χ3n) is 10.9. The SMILES string of the molecule is CCCCCCCCCCCCCCCCCC(=O)O[C@H]1CC[C@H]2[C@@H]3CCc4cc(O)ccc4[C@H]3CC[C@]12C. The number of aryl methyl sites for hydroxylation is 1. The number of aromatic hydroxyl groups is 1. The van der Waals surface area contributed by atoms with Gasteiger partial charge in [-0.3, -0.25) is 4.79 Å². The number of fused-ring (bicyclic) bond motifs is 5. The van der Waals surface area contributed by atoms with Crippen LogP contribution in [0.4, 0.5) is 0 Å². The second-order valence-electron chi connectivity index (χ2n) is 13.6. The highest BCUT2D eigenvalue weighted by Gasteiger charge is 2.56. The second kappa shape index (κ2) is 15.5. The van der Waals surface area contributed by atoms with Gasteiger partial charge in [-0.2, -0.15) is 0 Å². The molecule has 3 aliphatic rings. The van der Waals surface area contributed by atoms with Crippen LogP contribution < -0.4 is 0 Å². The van der Waals surface area contributed by atoms with Gasteiger partial charge >= 0.3 is 5.97 Å². The first kappa shape index (κ1) is 30.4. The molecule has 4 rings (SSSR count). The lowest BCUT2D eigenvalue weighted by Crippen LogP contribution is -2.45. The van der Waals surface area contributed by atoms with Crippen molar-refractivity contribution in [1.29, 1.82) is 0 Å². The smallest absolute Gasteiger partial charge is 0.306 e. The molecule has 0 unspecified atom stereocenters. The van der Waals surface area contributed by atoms with Crippen molar-refractivity contribution in [2.24, 2.45) is 17.3 Å². The fraction of sp³-hybridized carbons (Fsp3) is 0.806. The van der Waals surface area contributed by atoms with Crippen LogP contribution in [0.15, 0.2) is 18.2 Å². The van der Waals surface area contributed by atoms with Gasteiger partial charge in [0.05, 0.1) is 0 Å². The molecule has 2 fully saturated rings. The van der Waals surface area contributed by atoms with E-state index < -0.39 is 0 Å². The number of unbranched alkanes of at least 4 members (excludes halogenated alkanes) is 14. The number of esters is 1. The first-order valence-electron chi connectivity index (χ1n) is 17.0. The van der Waals surface area contributed by atoms with Gasteiger partial charge in [0.1, 0.15) is 11.9 Å². The minimum atomic E-state index is 0.0446. The molecule has 0 radical (unpaired) electrons. The molecule has 0 spiro atoms. The van der Waals surface area contributed by atoms with E-state index in [0.717, 1.165) is 32.1 Å². The molecule has 3 aliphatic carbocycles. The van der Waals surface area contributed by atoms with Crippen molar-refractivity contribution in [1.82, 2.24) is 0 Å². The maximum atomic E-state index is 12.8. The van der Waals surface area contributed by atoms with Crippen LogP contribution >= 0.6 is 0 Å². The molecule has 39 heavy (non-hydrogen) atoms. The van der Waals surface area contributed by atoms with Crippen LogP contribution in [0, 0.1) is 17.3 Å². The molecule has 0 heterocycles. The quantitative estimate of drug-likeness (QED) is 0.158. The van der Waals surface area contributed by atoms with Crippen LogP contribution in [-0.4, -0.2) is 17.2 Å². The monoisotopic (exact) mass is 538 g/mol. The number of phenolic OH excluding ortho intramolecular Hbond substituents is 1. The Morgan fingerprint density at radius 2 is 1.46 bits per heavy atom. The van der Waals surface area contributed by atoms with Crippen molar-refractivity contribution in [2.75, 3.05) is 0 Å². The number of phenols is 1. The van der Waals surface area contributed by atoms with E-state index in [1.165, 1.54) is 114 Å². The molecule has 3 heteroatoms. The summed E-state index contributed by atoms with van der Waals surface area (Å²) in [6.07, 6.45) is 27.7. The zero-order chi connectivity index (χ0) is 27.5. The molecule has 0 bridgehead atoms. The van der Waals surface area contributed by atoms with Crippen LogP contribution in [0.1, 0.15) is 166 Å². The van der Waals surface area contributed by atoms with Crippen molar-refractivity contribution in [3.05, 3.63) is 29.3 Å². The zero-order valence-corrected chi connectivity index (χ0v) is 25.4. The predicted molar refractivity (Wildman–Crippen MR) is 162 cm³/mol. The Morgan fingerprint density at radius 1 is 0.846 bits per heavy atom. The van der Waals surface area contributed by atoms with Crippen LogP contribution in [0.5, 0.6) is 5.75 Å². The molecule has 2 saturated carbocycles. The fourth-order valence-electron chi connectivity index (χ4n) is 8.57. The lowest BCUT2D eigenvalue weighted by molar-refractivity contribution is -0.157.